The summed E-state index contributed by atoms with van der Waals surface area (Å²) in [6.45, 7) is 2.54. The molecule has 2 heterocycles. The zero-order valence-electron chi connectivity index (χ0n) is 14.1. The molecule has 2 aromatic carbocycles. The molecule has 0 saturated heterocycles. The summed E-state index contributed by atoms with van der Waals surface area (Å²) in [5, 5.41) is 0.523. The Kier molecular flexibility index (Phi) is 3.72. The standard InChI is InChI=1S/C19H18N4O2/c1-3-18-21-15-6-4-5-7-16(15)23(18)11-17-20-14-9-8-12(25-2)10-13(14)19(24)22-17/h4-10H,3,11H2,1-2H3,(H,20,22,24). The number of methoxy groups -OCH3 is 1. The molecule has 0 atom stereocenters. The molecular weight excluding hydrogens is 316 g/mol. The van der Waals surface area contributed by atoms with Crippen molar-refractivity contribution in [3.63, 3.8) is 0 Å². The van der Waals surface area contributed by atoms with Crippen LogP contribution in [0.2, 0.25) is 0 Å². The van der Waals surface area contributed by atoms with E-state index in [0.29, 0.717) is 29.0 Å². The lowest BCUT2D eigenvalue weighted by molar-refractivity contribution is 0.415. The molecule has 1 N–H and O–H groups in total. The number of benzene rings is 2. The van der Waals surface area contributed by atoms with Crippen molar-refractivity contribution in [1.82, 2.24) is 19.5 Å². The second-order valence-corrected chi connectivity index (χ2v) is 5.85. The summed E-state index contributed by atoms with van der Waals surface area (Å²) in [5.74, 6) is 2.22. The molecule has 0 spiro atoms. The molecule has 0 unspecified atom stereocenters. The van der Waals surface area contributed by atoms with Crippen molar-refractivity contribution in [3.05, 3.63) is 64.5 Å². The van der Waals surface area contributed by atoms with Gasteiger partial charge in [-0.2, -0.15) is 0 Å². The number of fused-ring (bicyclic) bond motifs is 2. The van der Waals surface area contributed by atoms with E-state index >= 15 is 0 Å². The molecule has 0 bridgehead atoms. The van der Waals surface area contributed by atoms with Crippen LogP contribution in [-0.4, -0.2) is 26.6 Å². The second kappa shape index (κ2) is 6.05. The van der Waals surface area contributed by atoms with Crippen molar-refractivity contribution in [2.24, 2.45) is 0 Å². The summed E-state index contributed by atoms with van der Waals surface area (Å²) in [6, 6.07) is 13.3. The molecule has 0 aliphatic rings. The fraction of sp³-hybridized carbons (Fsp3) is 0.211. The molecule has 0 aliphatic carbocycles. The van der Waals surface area contributed by atoms with Crippen LogP contribution in [0.15, 0.2) is 47.3 Å². The number of rotatable bonds is 4. The van der Waals surface area contributed by atoms with Gasteiger partial charge in [0.15, 0.2) is 0 Å². The summed E-state index contributed by atoms with van der Waals surface area (Å²) in [5.41, 5.74) is 2.48. The highest BCUT2D eigenvalue weighted by Gasteiger charge is 2.12. The van der Waals surface area contributed by atoms with Gasteiger partial charge in [0.25, 0.3) is 5.56 Å². The number of nitrogens with zero attached hydrogens (tertiary/aromatic N) is 3. The van der Waals surface area contributed by atoms with Crippen LogP contribution >= 0.6 is 0 Å². The van der Waals surface area contributed by atoms with Crippen LogP contribution < -0.4 is 10.3 Å². The summed E-state index contributed by atoms with van der Waals surface area (Å²) in [6.07, 6.45) is 0.809. The van der Waals surface area contributed by atoms with Crippen molar-refractivity contribution >= 4 is 21.9 Å². The molecular formula is C19H18N4O2. The quantitative estimate of drug-likeness (QED) is 0.623. The van der Waals surface area contributed by atoms with Gasteiger partial charge >= 0.3 is 0 Å². The first-order valence-electron chi connectivity index (χ1n) is 8.20. The average molecular weight is 334 g/mol. The third-order valence-electron chi connectivity index (χ3n) is 4.32. The van der Waals surface area contributed by atoms with Crippen LogP contribution in [-0.2, 0) is 13.0 Å². The lowest BCUT2D eigenvalue weighted by Gasteiger charge is -2.09. The minimum Gasteiger partial charge on any atom is -0.497 e. The molecule has 0 amide bonds. The van der Waals surface area contributed by atoms with Gasteiger partial charge in [0.2, 0.25) is 0 Å². The molecule has 4 aromatic rings. The number of hydrogen-bond acceptors (Lipinski definition) is 4. The molecule has 0 radical (unpaired) electrons. The van der Waals surface area contributed by atoms with Gasteiger partial charge in [0, 0.05) is 6.42 Å². The van der Waals surface area contributed by atoms with Crippen LogP contribution in [0.3, 0.4) is 0 Å². The van der Waals surface area contributed by atoms with E-state index in [1.807, 2.05) is 30.3 Å². The number of aromatic amines is 1. The molecule has 6 heteroatoms. The fourth-order valence-corrected chi connectivity index (χ4v) is 3.09. The van der Waals surface area contributed by atoms with Gasteiger partial charge in [0.05, 0.1) is 35.6 Å². The van der Waals surface area contributed by atoms with E-state index in [-0.39, 0.29) is 5.56 Å². The smallest absolute Gasteiger partial charge is 0.258 e. The van der Waals surface area contributed by atoms with Crippen molar-refractivity contribution in [2.75, 3.05) is 7.11 Å². The molecule has 0 aliphatic heterocycles. The third-order valence-corrected chi connectivity index (χ3v) is 4.32. The first kappa shape index (κ1) is 15.4. The number of nitrogens with one attached hydrogen (secondary N) is 1. The van der Waals surface area contributed by atoms with Gasteiger partial charge < -0.3 is 14.3 Å². The average Bonchev–Trinajstić information content (AvgIpc) is 2.99. The normalized spacial score (nSPS) is 11.3. The third kappa shape index (κ3) is 2.65. The maximum Gasteiger partial charge on any atom is 0.258 e. The van der Waals surface area contributed by atoms with Crippen molar-refractivity contribution < 1.29 is 4.74 Å². The van der Waals surface area contributed by atoms with Crippen LogP contribution in [0.1, 0.15) is 18.6 Å². The summed E-state index contributed by atoms with van der Waals surface area (Å²) in [7, 11) is 1.58. The molecule has 126 valence electrons. The highest BCUT2D eigenvalue weighted by molar-refractivity contribution is 5.79. The lowest BCUT2D eigenvalue weighted by atomic mass is 10.2. The molecule has 0 fully saturated rings. The Morgan fingerprint density at radius 3 is 2.76 bits per heavy atom. The van der Waals surface area contributed by atoms with E-state index in [1.165, 1.54) is 0 Å². The first-order chi connectivity index (χ1) is 12.2. The van der Waals surface area contributed by atoms with Crippen LogP contribution in [0, 0.1) is 0 Å². The molecule has 2 aromatic heterocycles. The predicted molar refractivity (Wildman–Crippen MR) is 97.1 cm³/mol. The molecule has 6 nitrogen and oxygen atoms in total. The van der Waals surface area contributed by atoms with E-state index in [1.54, 1.807) is 19.2 Å². The van der Waals surface area contributed by atoms with Crippen LogP contribution in [0.4, 0.5) is 0 Å². The lowest BCUT2D eigenvalue weighted by Crippen LogP contribution is -2.15. The van der Waals surface area contributed by atoms with Crippen LogP contribution in [0.25, 0.3) is 21.9 Å². The minimum atomic E-state index is -0.165. The van der Waals surface area contributed by atoms with E-state index in [2.05, 4.69) is 26.4 Å². The monoisotopic (exact) mass is 334 g/mol. The van der Waals surface area contributed by atoms with E-state index in [9.17, 15) is 4.79 Å². The zero-order valence-corrected chi connectivity index (χ0v) is 14.1. The number of imidazole rings is 1. The van der Waals surface area contributed by atoms with E-state index < -0.39 is 0 Å². The number of aromatic nitrogens is 4. The Labute approximate surface area is 144 Å². The van der Waals surface area contributed by atoms with Crippen molar-refractivity contribution in [2.45, 2.75) is 19.9 Å². The largest absolute Gasteiger partial charge is 0.497 e. The highest BCUT2D eigenvalue weighted by Crippen LogP contribution is 2.19. The summed E-state index contributed by atoms with van der Waals surface area (Å²) < 4.78 is 7.28. The molecule has 25 heavy (non-hydrogen) atoms. The van der Waals surface area contributed by atoms with Crippen LogP contribution in [0.5, 0.6) is 5.75 Å². The Balaban J connectivity index is 1.83. The highest BCUT2D eigenvalue weighted by atomic mass is 16.5. The number of para-hydroxylation sites is 2. The van der Waals surface area contributed by atoms with Gasteiger partial charge in [-0.05, 0) is 30.3 Å². The Bertz CT molecular complexity index is 1130. The summed E-state index contributed by atoms with van der Waals surface area (Å²) in [4.78, 5) is 24.6. The van der Waals surface area contributed by atoms with Gasteiger partial charge in [-0.1, -0.05) is 19.1 Å². The van der Waals surface area contributed by atoms with Gasteiger partial charge in [-0.3, -0.25) is 4.79 Å². The molecule has 4 rings (SSSR count). The zero-order chi connectivity index (χ0) is 17.4. The fourth-order valence-electron chi connectivity index (χ4n) is 3.09. The predicted octanol–water partition coefficient (Wildman–Crippen LogP) is 2.89. The number of ether oxygens (including phenoxy) is 1. The number of hydrogen-bond donors (Lipinski definition) is 1. The topological polar surface area (TPSA) is 72.8 Å². The number of aryl methyl sites for hydroxylation is 1. The number of H-pyrrole nitrogens is 1. The van der Waals surface area contributed by atoms with Gasteiger partial charge in [-0.25, -0.2) is 9.97 Å². The Morgan fingerprint density at radius 2 is 1.96 bits per heavy atom. The van der Waals surface area contributed by atoms with Gasteiger partial charge in [-0.15, -0.1) is 0 Å². The van der Waals surface area contributed by atoms with Gasteiger partial charge in [0.1, 0.15) is 17.4 Å². The maximum absolute atomic E-state index is 12.4. The Morgan fingerprint density at radius 1 is 1.12 bits per heavy atom. The SMILES string of the molecule is CCc1nc2ccccc2n1Cc1nc2ccc(OC)cc2c(=O)[nH]1. The van der Waals surface area contributed by atoms with Crippen molar-refractivity contribution in [1.29, 1.82) is 0 Å². The van der Waals surface area contributed by atoms with Crippen molar-refractivity contribution in [3.8, 4) is 5.75 Å². The molecule has 0 saturated carbocycles. The summed E-state index contributed by atoms with van der Waals surface area (Å²) >= 11 is 0. The van der Waals surface area contributed by atoms with E-state index in [0.717, 1.165) is 23.3 Å². The Hall–Kier alpha value is -3.15. The first-order valence-corrected chi connectivity index (χ1v) is 8.20. The second-order valence-electron chi connectivity index (χ2n) is 5.85. The minimum absolute atomic E-state index is 0.165. The van der Waals surface area contributed by atoms with E-state index in [4.69, 9.17) is 4.74 Å². The maximum atomic E-state index is 12.4.